The highest BCUT2D eigenvalue weighted by molar-refractivity contribution is 7.86. The number of nitrogens with zero attached hydrogens (tertiary/aromatic N) is 3. The summed E-state index contributed by atoms with van der Waals surface area (Å²) in [6.45, 7) is 0.748. The summed E-state index contributed by atoms with van der Waals surface area (Å²) in [5, 5.41) is 3.48. The molecule has 0 bridgehead atoms. The number of amides is 1. The summed E-state index contributed by atoms with van der Waals surface area (Å²) in [5.41, 5.74) is 0.904. The molecule has 0 aromatic carbocycles. The molecule has 0 saturated heterocycles. The number of rotatable bonds is 6. The van der Waals surface area contributed by atoms with Gasteiger partial charge in [-0.25, -0.2) is 4.98 Å². The van der Waals surface area contributed by atoms with E-state index >= 15 is 0 Å². The van der Waals surface area contributed by atoms with E-state index < -0.39 is 10.2 Å². The van der Waals surface area contributed by atoms with Gasteiger partial charge in [-0.15, -0.1) is 11.3 Å². The Morgan fingerprint density at radius 2 is 2.08 bits per heavy atom. The summed E-state index contributed by atoms with van der Waals surface area (Å²) in [5.74, 6) is 0.704. The van der Waals surface area contributed by atoms with Gasteiger partial charge in [0.15, 0.2) is 5.13 Å². The number of anilines is 1. The number of hydrogen-bond donors (Lipinski definition) is 1. The van der Waals surface area contributed by atoms with Crippen molar-refractivity contribution in [2.24, 2.45) is 5.92 Å². The van der Waals surface area contributed by atoms with E-state index in [-0.39, 0.29) is 5.91 Å². The third-order valence-corrected chi connectivity index (χ3v) is 7.87. The molecule has 1 saturated carbocycles. The van der Waals surface area contributed by atoms with Gasteiger partial charge in [0.05, 0.1) is 12.2 Å². The molecule has 1 N–H and O–H groups in total. The zero-order chi connectivity index (χ0) is 18.0. The monoisotopic (exact) mass is 386 g/mol. The average Bonchev–Trinajstić information content (AvgIpc) is 3.20. The van der Waals surface area contributed by atoms with Crippen LogP contribution in [0.1, 0.15) is 49.1 Å². The maximum absolute atomic E-state index is 12.3. The van der Waals surface area contributed by atoms with Gasteiger partial charge in [-0.05, 0) is 12.3 Å². The molecule has 1 fully saturated rings. The van der Waals surface area contributed by atoms with Crippen LogP contribution in [0.4, 0.5) is 5.13 Å². The summed E-state index contributed by atoms with van der Waals surface area (Å²) >= 11 is 1.39. The van der Waals surface area contributed by atoms with Crippen LogP contribution in [-0.2, 0) is 28.0 Å². The van der Waals surface area contributed by atoms with Gasteiger partial charge in [-0.2, -0.15) is 17.0 Å². The van der Waals surface area contributed by atoms with Gasteiger partial charge in [0.25, 0.3) is 10.2 Å². The van der Waals surface area contributed by atoms with Crippen molar-refractivity contribution in [1.82, 2.24) is 13.6 Å². The SMILES string of the molecule is CN(C)S(=O)(=O)N1CCc2nc(NC(=O)CCC3CCCC3)sc2C1. The first-order valence-electron chi connectivity index (χ1n) is 8.82. The first kappa shape index (κ1) is 18.8. The normalized spacial score (nSPS) is 19.3. The lowest BCUT2D eigenvalue weighted by Gasteiger charge is -2.27. The molecule has 1 aliphatic heterocycles. The highest BCUT2D eigenvalue weighted by atomic mass is 32.2. The fourth-order valence-corrected chi connectivity index (χ4v) is 5.67. The fraction of sp³-hybridized carbons (Fsp3) is 0.750. The van der Waals surface area contributed by atoms with E-state index in [2.05, 4.69) is 10.3 Å². The van der Waals surface area contributed by atoms with E-state index in [0.29, 0.717) is 37.0 Å². The third-order valence-electron chi connectivity index (χ3n) is 4.98. The smallest absolute Gasteiger partial charge is 0.281 e. The minimum atomic E-state index is -3.42. The molecule has 1 aliphatic carbocycles. The van der Waals surface area contributed by atoms with Crippen molar-refractivity contribution in [2.45, 2.75) is 51.5 Å². The van der Waals surface area contributed by atoms with Gasteiger partial charge in [0, 0.05) is 38.4 Å². The highest BCUT2D eigenvalue weighted by Gasteiger charge is 2.30. The second kappa shape index (κ2) is 7.69. The van der Waals surface area contributed by atoms with Crippen LogP contribution in [-0.4, -0.2) is 48.6 Å². The van der Waals surface area contributed by atoms with Crippen molar-refractivity contribution in [3.8, 4) is 0 Å². The molecule has 0 radical (unpaired) electrons. The van der Waals surface area contributed by atoms with E-state index in [9.17, 15) is 13.2 Å². The number of carbonyl (C=O) groups is 1. The van der Waals surface area contributed by atoms with Gasteiger partial charge < -0.3 is 5.32 Å². The molecule has 1 amide bonds. The zero-order valence-corrected chi connectivity index (χ0v) is 16.5. The Balaban J connectivity index is 1.57. The topological polar surface area (TPSA) is 82.6 Å². The van der Waals surface area contributed by atoms with E-state index in [0.717, 1.165) is 17.0 Å². The minimum absolute atomic E-state index is 0.00997. The number of carbonyl (C=O) groups excluding carboxylic acids is 1. The van der Waals surface area contributed by atoms with Gasteiger partial charge in [0.1, 0.15) is 0 Å². The predicted molar refractivity (Wildman–Crippen MR) is 98.7 cm³/mol. The summed E-state index contributed by atoms with van der Waals surface area (Å²) in [4.78, 5) is 17.5. The van der Waals surface area contributed by atoms with Gasteiger partial charge >= 0.3 is 0 Å². The summed E-state index contributed by atoms with van der Waals surface area (Å²) in [6.07, 6.45) is 7.14. The van der Waals surface area contributed by atoms with Crippen LogP contribution >= 0.6 is 11.3 Å². The van der Waals surface area contributed by atoms with Crippen LogP contribution in [0.15, 0.2) is 0 Å². The molecule has 0 spiro atoms. The van der Waals surface area contributed by atoms with Crippen LogP contribution in [0.2, 0.25) is 0 Å². The third kappa shape index (κ3) is 4.39. The van der Waals surface area contributed by atoms with E-state index in [1.54, 1.807) is 0 Å². The first-order chi connectivity index (χ1) is 11.9. The number of thiazole rings is 1. The maximum Gasteiger partial charge on any atom is 0.281 e. The molecule has 0 atom stereocenters. The van der Waals surface area contributed by atoms with Gasteiger partial charge in [-0.1, -0.05) is 25.7 Å². The largest absolute Gasteiger partial charge is 0.302 e. The fourth-order valence-electron chi connectivity index (χ4n) is 3.47. The lowest BCUT2D eigenvalue weighted by molar-refractivity contribution is -0.116. The minimum Gasteiger partial charge on any atom is -0.302 e. The second-order valence-electron chi connectivity index (χ2n) is 7.00. The molecule has 1 aromatic rings. The standard InChI is InChI=1S/C16H26N4O3S2/c1-19(2)25(22,23)20-10-9-13-14(11-20)24-16(17-13)18-15(21)8-7-12-5-3-4-6-12/h12H,3-11H2,1-2H3,(H,17,18,21). The van der Waals surface area contributed by atoms with Gasteiger partial charge in [-0.3, -0.25) is 4.79 Å². The molecular formula is C16H26N4O3S2. The number of fused-ring (bicyclic) bond motifs is 1. The zero-order valence-electron chi connectivity index (χ0n) is 14.8. The van der Waals surface area contributed by atoms with Crippen molar-refractivity contribution in [2.75, 3.05) is 26.0 Å². The summed E-state index contributed by atoms with van der Waals surface area (Å²) in [7, 11) is -0.346. The van der Waals surface area contributed by atoms with Crippen LogP contribution < -0.4 is 5.32 Å². The van der Waals surface area contributed by atoms with Gasteiger partial charge in [0.2, 0.25) is 5.91 Å². The molecule has 0 unspecified atom stereocenters. The van der Waals surface area contributed by atoms with Crippen LogP contribution in [0.5, 0.6) is 0 Å². The lowest BCUT2D eigenvalue weighted by Crippen LogP contribution is -2.42. The van der Waals surface area contributed by atoms with Crippen LogP contribution in [0.25, 0.3) is 0 Å². The molecule has 3 rings (SSSR count). The molecule has 2 aliphatic rings. The molecular weight excluding hydrogens is 360 g/mol. The lowest BCUT2D eigenvalue weighted by atomic mass is 10.0. The highest BCUT2D eigenvalue weighted by Crippen LogP contribution is 2.31. The Bertz CT molecular complexity index is 724. The first-order valence-corrected chi connectivity index (χ1v) is 11.0. The Kier molecular flexibility index (Phi) is 5.77. The van der Waals surface area contributed by atoms with Crippen molar-refractivity contribution in [3.63, 3.8) is 0 Å². The second-order valence-corrected chi connectivity index (χ2v) is 10.2. The van der Waals surface area contributed by atoms with Crippen LogP contribution in [0.3, 0.4) is 0 Å². The quantitative estimate of drug-likeness (QED) is 0.813. The number of nitrogens with one attached hydrogen (secondary N) is 1. The van der Waals surface area contributed by atoms with E-state index in [1.165, 1.54) is 59.7 Å². The van der Waals surface area contributed by atoms with E-state index in [4.69, 9.17) is 0 Å². The van der Waals surface area contributed by atoms with Crippen molar-refractivity contribution >= 4 is 32.6 Å². The van der Waals surface area contributed by atoms with Crippen molar-refractivity contribution in [3.05, 3.63) is 10.6 Å². The average molecular weight is 387 g/mol. The molecule has 1 aromatic heterocycles. The summed E-state index contributed by atoms with van der Waals surface area (Å²) in [6, 6.07) is 0. The number of hydrogen-bond acceptors (Lipinski definition) is 5. The van der Waals surface area contributed by atoms with Crippen LogP contribution in [0, 0.1) is 5.92 Å². The molecule has 7 nitrogen and oxygen atoms in total. The molecule has 25 heavy (non-hydrogen) atoms. The predicted octanol–water partition coefficient (Wildman–Crippen LogP) is 2.22. The maximum atomic E-state index is 12.3. The number of aromatic nitrogens is 1. The Morgan fingerprint density at radius 3 is 2.76 bits per heavy atom. The summed E-state index contributed by atoms with van der Waals surface area (Å²) < 4.78 is 27.2. The molecule has 2 heterocycles. The van der Waals surface area contributed by atoms with E-state index in [1.807, 2.05) is 0 Å². The Labute approximate surface area is 153 Å². The Morgan fingerprint density at radius 1 is 1.36 bits per heavy atom. The molecule has 9 heteroatoms. The Hall–Kier alpha value is -1.03. The molecule has 140 valence electrons. The van der Waals surface area contributed by atoms with Crippen molar-refractivity contribution < 1.29 is 13.2 Å². The van der Waals surface area contributed by atoms with Crippen molar-refractivity contribution in [1.29, 1.82) is 0 Å².